The highest BCUT2D eigenvalue weighted by molar-refractivity contribution is 9.10. The third-order valence-corrected chi connectivity index (χ3v) is 0.622. The number of hydrogen-bond acceptors (Lipinski definition) is 3. The SMILES string of the molecule is Brc1n[c]no1. The van der Waals surface area contributed by atoms with Gasteiger partial charge in [-0.15, -0.1) is 0 Å². The second-order valence-electron chi connectivity index (χ2n) is 0.647. The second kappa shape index (κ2) is 1.38. The molecule has 1 aromatic heterocycles. The fourth-order valence-electron chi connectivity index (χ4n) is 0.138. The Hall–Kier alpha value is -0.380. The lowest BCUT2D eigenvalue weighted by molar-refractivity contribution is 0.394. The lowest BCUT2D eigenvalue weighted by Crippen LogP contribution is -1.51. The minimum atomic E-state index is 0.363. The number of aromatic nitrogens is 2. The van der Waals surface area contributed by atoms with Gasteiger partial charge in [0.2, 0.25) is 6.33 Å². The lowest BCUT2D eigenvalue weighted by Gasteiger charge is -1.59. The zero-order valence-electron chi connectivity index (χ0n) is 2.68. The van der Waals surface area contributed by atoms with Gasteiger partial charge in [0.15, 0.2) is 0 Å². The quantitative estimate of drug-likeness (QED) is 0.541. The zero-order chi connectivity index (χ0) is 4.41. The average Bonchev–Trinajstić information content (AvgIpc) is 1.86. The van der Waals surface area contributed by atoms with E-state index in [1.54, 1.807) is 0 Å². The fourth-order valence-corrected chi connectivity index (χ4v) is 0.290. The third-order valence-electron chi connectivity index (χ3n) is 0.300. The van der Waals surface area contributed by atoms with Crippen molar-refractivity contribution < 1.29 is 4.52 Å². The first-order chi connectivity index (χ1) is 2.89. The summed E-state index contributed by atoms with van der Waals surface area (Å²) < 4.78 is 4.33. The Kier molecular flexibility index (Phi) is 0.874. The van der Waals surface area contributed by atoms with Crippen LogP contribution >= 0.6 is 15.9 Å². The van der Waals surface area contributed by atoms with E-state index in [1.807, 2.05) is 0 Å². The molecule has 0 fully saturated rings. The zero-order valence-corrected chi connectivity index (χ0v) is 4.27. The summed E-state index contributed by atoms with van der Waals surface area (Å²) in [5, 5.41) is 3.16. The molecule has 0 amide bonds. The van der Waals surface area contributed by atoms with E-state index in [0.29, 0.717) is 4.80 Å². The summed E-state index contributed by atoms with van der Waals surface area (Å²) in [6.45, 7) is 0. The molecule has 0 saturated carbocycles. The van der Waals surface area contributed by atoms with Crippen LogP contribution in [0.1, 0.15) is 0 Å². The summed E-state index contributed by atoms with van der Waals surface area (Å²) in [7, 11) is 0. The highest BCUT2D eigenvalue weighted by Crippen LogP contribution is 1.97. The smallest absolute Gasteiger partial charge is 0.294 e. The van der Waals surface area contributed by atoms with Crippen LogP contribution in [0.25, 0.3) is 0 Å². The molecule has 0 aliphatic rings. The molecule has 1 rings (SSSR count). The van der Waals surface area contributed by atoms with Crippen molar-refractivity contribution >= 4 is 15.9 Å². The molecule has 0 unspecified atom stereocenters. The number of rotatable bonds is 0. The first kappa shape index (κ1) is 3.80. The van der Waals surface area contributed by atoms with Crippen molar-refractivity contribution in [2.45, 2.75) is 0 Å². The van der Waals surface area contributed by atoms with Crippen molar-refractivity contribution in [1.82, 2.24) is 10.1 Å². The van der Waals surface area contributed by atoms with Crippen LogP contribution in [0.3, 0.4) is 0 Å². The summed E-state index contributed by atoms with van der Waals surface area (Å²) in [4.78, 5) is 3.79. The summed E-state index contributed by atoms with van der Waals surface area (Å²) in [5.74, 6) is 0. The first-order valence-corrected chi connectivity index (χ1v) is 2.04. The van der Waals surface area contributed by atoms with E-state index in [2.05, 4.69) is 36.9 Å². The standard InChI is InChI=1S/C2BrN2O/c3-2-4-1-5-6-2. The van der Waals surface area contributed by atoms with Crippen LogP contribution in [-0.2, 0) is 0 Å². The van der Waals surface area contributed by atoms with Crippen LogP contribution in [-0.4, -0.2) is 10.1 Å². The van der Waals surface area contributed by atoms with Gasteiger partial charge in [-0.05, 0) is 0 Å². The van der Waals surface area contributed by atoms with E-state index in [0.717, 1.165) is 0 Å². The van der Waals surface area contributed by atoms with Gasteiger partial charge in [-0.3, -0.25) is 0 Å². The molecular formula is C2BrN2O. The van der Waals surface area contributed by atoms with Crippen molar-refractivity contribution in [2.75, 3.05) is 0 Å². The Morgan fingerprint density at radius 1 is 1.83 bits per heavy atom. The van der Waals surface area contributed by atoms with Crippen molar-refractivity contribution in [2.24, 2.45) is 0 Å². The monoisotopic (exact) mass is 147 g/mol. The molecule has 0 saturated heterocycles. The molecule has 1 radical (unpaired) electrons. The fraction of sp³-hybridized carbons (Fsp3) is 0. The molecule has 31 valence electrons. The molecule has 3 nitrogen and oxygen atoms in total. The molecule has 0 spiro atoms. The molecule has 1 aromatic rings. The van der Waals surface area contributed by atoms with E-state index in [4.69, 9.17) is 0 Å². The predicted octanol–water partition coefficient (Wildman–Crippen LogP) is 0.632. The van der Waals surface area contributed by atoms with Crippen molar-refractivity contribution in [3.8, 4) is 0 Å². The van der Waals surface area contributed by atoms with Gasteiger partial charge in [-0.2, -0.15) is 4.98 Å². The highest BCUT2D eigenvalue weighted by Gasteiger charge is 1.84. The van der Waals surface area contributed by atoms with E-state index in [1.165, 1.54) is 0 Å². The van der Waals surface area contributed by atoms with Gasteiger partial charge in [0, 0.05) is 15.9 Å². The molecule has 0 aliphatic carbocycles. The van der Waals surface area contributed by atoms with E-state index in [-0.39, 0.29) is 0 Å². The summed E-state index contributed by atoms with van der Waals surface area (Å²) in [6.07, 6.45) is 2.22. The second-order valence-corrected chi connectivity index (χ2v) is 1.33. The van der Waals surface area contributed by atoms with Gasteiger partial charge in [0.1, 0.15) is 0 Å². The maximum atomic E-state index is 4.33. The van der Waals surface area contributed by atoms with Gasteiger partial charge in [-0.25, -0.2) is 0 Å². The van der Waals surface area contributed by atoms with Crippen molar-refractivity contribution in [3.63, 3.8) is 0 Å². The van der Waals surface area contributed by atoms with Crippen LogP contribution in [0.2, 0.25) is 0 Å². The molecule has 0 aromatic carbocycles. The summed E-state index contributed by atoms with van der Waals surface area (Å²) in [6, 6.07) is 0. The lowest BCUT2D eigenvalue weighted by atomic mass is 11.3. The molecule has 1 heterocycles. The third kappa shape index (κ3) is 0.567. The Bertz CT molecular complexity index is 115. The summed E-state index contributed by atoms with van der Waals surface area (Å²) in [5.41, 5.74) is 0. The topological polar surface area (TPSA) is 38.9 Å². The van der Waals surface area contributed by atoms with Gasteiger partial charge in [0.05, 0.1) is 0 Å². The van der Waals surface area contributed by atoms with Crippen LogP contribution in [0.4, 0.5) is 0 Å². The molecular weight excluding hydrogens is 148 g/mol. The van der Waals surface area contributed by atoms with Crippen LogP contribution in [0.5, 0.6) is 0 Å². The largest absolute Gasteiger partial charge is 0.326 e. The van der Waals surface area contributed by atoms with Gasteiger partial charge in [-0.1, -0.05) is 5.16 Å². The number of halogens is 1. The minimum absolute atomic E-state index is 0.363. The first-order valence-electron chi connectivity index (χ1n) is 1.25. The van der Waals surface area contributed by atoms with Gasteiger partial charge >= 0.3 is 0 Å². The van der Waals surface area contributed by atoms with Crippen LogP contribution in [0.15, 0.2) is 9.32 Å². The molecule has 0 N–H and O–H groups in total. The molecule has 0 aliphatic heterocycles. The molecule has 0 bridgehead atoms. The molecule has 6 heavy (non-hydrogen) atoms. The Morgan fingerprint density at radius 3 is 2.83 bits per heavy atom. The van der Waals surface area contributed by atoms with Gasteiger partial charge in [0.25, 0.3) is 4.80 Å². The Balaban J connectivity index is 3.05. The van der Waals surface area contributed by atoms with E-state index >= 15 is 0 Å². The molecule has 0 atom stereocenters. The van der Waals surface area contributed by atoms with E-state index in [9.17, 15) is 0 Å². The maximum Gasteiger partial charge on any atom is 0.294 e. The number of nitrogens with zero attached hydrogens (tertiary/aromatic N) is 2. The maximum absolute atomic E-state index is 4.33. The minimum Gasteiger partial charge on any atom is -0.326 e. The van der Waals surface area contributed by atoms with Crippen LogP contribution in [0, 0.1) is 6.33 Å². The Morgan fingerprint density at radius 2 is 2.67 bits per heavy atom. The number of hydrogen-bond donors (Lipinski definition) is 0. The summed E-state index contributed by atoms with van der Waals surface area (Å²) >= 11 is 2.91. The predicted molar refractivity (Wildman–Crippen MR) is 20.8 cm³/mol. The normalized spacial score (nSPS) is 8.83. The van der Waals surface area contributed by atoms with Crippen molar-refractivity contribution in [1.29, 1.82) is 0 Å². The van der Waals surface area contributed by atoms with Crippen LogP contribution < -0.4 is 0 Å². The molecule has 4 heteroatoms. The Labute approximate surface area is 42.5 Å². The van der Waals surface area contributed by atoms with E-state index < -0.39 is 0 Å². The van der Waals surface area contributed by atoms with Gasteiger partial charge < -0.3 is 4.52 Å². The van der Waals surface area contributed by atoms with Crippen molar-refractivity contribution in [3.05, 3.63) is 11.1 Å². The average molecular weight is 148 g/mol. The highest BCUT2D eigenvalue weighted by atomic mass is 79.9.